The van der Waals surface area contributed by atoms with E-state index < -0.39 is 0 Å². The second-order valence-electron chi connectivity index (χ2n) is 6.46. The number of benzene rings is 2. The first-order valence-corrected chi connectivity index (χ1v) is 8.77. The van der Waals surface area contributed by atoms with Gasteiger partial charge < -0.3 is 16.0 Å². The number of aryl methyl sites for hydroxylation is 1. The third kappa shape index (κ3) is 4.50. The summed E-state index contributed by atoms with van der Waals surface area (Å²) in [5.41, 5.74) is 9.57. The van der Waals surface area contributed by atoms with Crippen LogP contribution in [0.3, 0.4) is 0 Å². The lowest BCUT2D eigenvalue weighted by molar-refractivity contribution is -0.121. The van der Waals surface area contributed by atoms with Crippen LogP contribution in [0.2, 0.25) is 0 Å². The third-order valence-electron chi connectivity index (χ3n) is 4.61. The highest BCUT2D eigenvalue weighted by Gasteiger charge is 2.15. The topological polar surface area (TPSA) is 58.4 Å². The second-order valence-corrected chi connectivity index (χ2v) is 6.46. The fourth-order valence-electron chi connectivity index (χ4n) is 3.19. The predicted molar refractivity (Wildman–Crippen MR) is 98.9 cm³/mol. The van der Waals surface area contributed by atoms with E-state index in [-0.39, 0.29) is 18.3 Å². The number of halogens is 1. The fraction of sp³-hybridized carbons (Fsp3) is 0.350. The molecule has 1 amide bonds. The number of amides is 1. The lowest BCUT2D eigenvalue weighted by atomic mass is 10.1. The number of nitrogens with one attached hydrogen (secondary N) is 1. The Kier molecular flexibility index (Phi) is 5.53. The molecule has 25 heavy (non-hydrogen) atoms. The monoisotopic (exact) mass is 341 g/mol. The Labute approximate surface area is 147 Å². The van der Waals surface area contributed by atoms with E-state index in [1.54, 1.807) is 18.2 Å². The van der Waals surface area contributed by atoms with E-state index in [0.29, 0.717) is 18.4 Å². The van der Waals surface area contributed by atoms with Gasteiger partial charge in [0.1, 0.15) is 5.82 Å². The molecule has 0 aliphatic carbocycles. The molecule has 3 N–H and O–H groups in total. The van der Waals surface area contributed by atoms with Gasteiger partial charge in [-0.2, -0.15) is 0 Å². The molecule has 1 saturated heterocycles. The summed E-state index contributed by atoms with van der Waals surface area (Å²) in [6, 6.07) is 12.5. The van der Waals surface area contributed by atoms with Crippen molar-refractivity contribution in [2.75, 3.05) is 23.7 Å². The predicted octanol–water partition coefficient (Wildman–Crippen LogP) is 3.26. The van der Waals surface area contributed by atoms with Gasteiger partial charge >= 0.3 is 0 Å². The molecule has 1 fully saturated rings. The molecule has 1 aliphatic heterocycles. The zero-order valence-corrected chi connectivity index (χ0v) is 14.3. The molecule has 0 bridgehead atoms. The molecule has 0 radical (unpaired) electrons. The fourth-order valence-corrected chi connectivity index (χ4v) is 3.19. The summed E-state index contributed by atoms with van der Waals surface area (Å²) in [6.07, 6.45) is 3.40. The summed E-state index contributed by atoms with van der Waals surface area (Å²) < 4.78 is 13.5. The summed E-state index contributed by atoms with van der Waals surface area (Å²) in [6.45, 7) is 2.32. The van der Waals surface area contributed by atoms with Crippen molar-refractivity contribution in [1.29, 1.82) is 0 Å². The largest absolute Gasteiger partial charge is 0.397 e. The molecular formula is C20H24FN3O. The third-order valence-corrected chi connectivity index (χ3v) is 4.61. The molecule has 0 atom stereocenters. The van der Waals surface area contributed by atoms with Crippen molar-refractivity contribution in [3.05, 3.63) is 59.4 Å². The minimum Gasteiger partial charge on any atom is -0.397 e. The molecule has 0 spiro atoms. The first-order chi connectivity index (χ1) is 12.1. The van der Waals surface area contributed by atoms with Gasteiger partial charge in [0.2, 0.25) is 5.91 Å². The van der Waals surface area contributed by atoms with Crippen molar-refractivity contribution < 1.29 is 9.18 Å². The van der Waals surface area contributed by atoms with Crippen LogP contribution < -0.4 is 16.0 Å². The normalized spacial score (nSPS) is 13.9. The van der Waals surface area contributed by atoms with Crippen LogP contribution in [-0.4, -0.2) is 19.0 Å². The summed E-state index contributed by atoms with van der Waals surface area (Å²) in [5, 5.41) is 2.76. The summed E-state index contributed by atoms with van der Waals surface area (Å²) >= 11 is 0. The van der Waals surface area contributed by atoms with Gasteiger partial charge in [-0.15, -0.1) is 0 Å². The average Bonchev–Trinajstić information content (AvgIpc) is 3.13. The maximum absolute atomic E-state index is 13.5. The Balaban J connectivity index is 1.50. The number of nitrogens with zero attached hydrogens (tertiary/aromatic N) is 1. The molecule has 0 saturated carbocycles. The van der Waals surface area contributed by atoms with Gasteiger partial charge in [0.05, 0.1) is 11.4 Å². The van der Waals surface area contributed by atoms with Crippen molar-refractivity contribution in [1.82, 2.24) is 5.32 Å². The van der Waals surface area contributed by atoms with E-state index in [1.807, 2.05) is 18.2 Å². The molecule has 4 nitrogen and oxygen atoms in total. The Morgan fingerprint density at radius 2 is 1.92 bits per heavy atom. The van der Waals surface area contributed by atoms with Crippen LogP contribution in [0, 0.1) is 5.82 Å². The van der Waals surface area contributed by atoms with Crippen LogP contribution in [0.15, 0.2) is 42.5 Å². The molecule has 5 heteroatoms. The minimum absolute atomic E-state index is 0.0922. The molecule has 132 valence electrons. The standard InChI is InChI=1S/C20H24FN3O/c21-17-6-2-1-5-16(17)14-23-20(25)10-8-15-7-9-19(18(22)13-15)24-11-3-4-12-24/h1-2,5-7,9,13H,3-4,8,10-12,14,22H2,(H,23,25). The highest BCUT2D eigenvalue weighted by Crippen LogP contribution is 2.27. The van der Waals surface area contributed by atoms with Crippen molar-refractivity contribution >= 4 is 17.3 Å². The molecule has 0 aromatic heterocycles. The van der Waals surface area contributed by atoms with Crippen LogP contribution in [0.25, 0.3) is 0 Å². The number of nitrogen functional groups attached to an aromatic ring is 1. The van der Waals surface area contributed by atoms with E-state index in [2.05, 4.69) is 10.2 Å². The van der Waals surface area contributed by atoms with Gasteiger partial charge in [0.25, 0.3) is 0 Å². The van der Waals surface area contributed by atoms with Gasteiger partial charge in [0.15, 0.2) is 0 Å². The summed E-state index contributed by atoms with van der Waals surface area (Å²) in [7, 11) is 0. The number of anilines is 2. The van der Waals surface area contributed by atoms with Gasteiger partial charge in [0, 0.05) is 31.6 Å². The van der Waals surface area contributed by atoms with Crippen molar-refractivity contribution in [2.45, 2.75) is 32.2 Å². The van der Waals surface area contributed by atoms with Crippen LogP contribution >= 0.6 is 0 Å². The lowest BCUT2D eigenvalue weighted by Gasteiger charge is -2.20. The van der Waals surface area contributed by atoms with E-state index in [1.165, 1.54) is 18.9 Å². The molecule has 2 aromatic rings. The van der Waals surface area contributed by atoms with Crippen LogP contribution in [0.4, 0.5) is 15.8 Å². The number of hydrogen-bond donors (Lipinski definition) is 2. The average molecular weight is 341 g/mol. The first kappa shape index (κ1) is 17.3. The van der Waals surface area contributed by atoms with Gasteiger partial charge in [-0.3, -0.25) is 4.79 Å². The second kappa shape index (κ2) is 8.01. The van der Waals surface area contributed by atoms with E-state index in [0.717, 1.165) is 30.0 Å². The zero-order valence-electron chi connectivity index (χ0n) is 14.3. The highest BCUT2D eigenvalue weighted by molar-refractivity contribution is 5.76. The van der Waals surface area contributed by atoms with Crippen molar-refractivity contribution in [2.24, 2.45) is 0 Å². The molecule has 2 aromatic carbocycles. The van der Waals surface area contributed by atoms with Crippen molar-refractivity contribution in [3.63, 3.8) is 0 Å². The Morgan fingerprint density at radius 3 is 2.64 bits per heavy atom. The van der Waals surface area contributed by atoms with E-state index in [9.17, 15) is 9.18 Å². The van der Waals surface area contributed by atoms with Crippen LogP contribution in [0.5, 0.6) is 0 Å². The van der Waals surface area contributed by atoms with Gasteiger partial charge in [-0.25, -0.2) is 4.39 Å². The summed E-state index contributed by atoms with van der Waals surface area (Å²) in [5.74, 6) is -0.390. The summed E-state index contributed by atoms with van der Waals surface area (Å²) in [4.78, 5) is 14.3. The number of carbonyl (C=O) groups is 1. The maximum Gasteiger partial charge on any atom is 0.220 e. The number of carbonyl (C=O) groups excluding carboxylic acids is 1. The molecule has 1 aliphatic rings. The first-order valence-electron chi connectivity index (χ1n) is 8.77. The maximum atomic E-state index is 13.5. The van der Waals surface area contributed by atoms with E-state index >= 15 is 0 Å². The van der Waals surface area contributed by atoms with Gasteiger partial charge in [-0.05, 0) is 43.0 Å². The Morgan fingerprint density at radius 1 is 1.16 bits per heavy atom. The molecule has 0 unspecified atom stereocenters. The molecule has 1 heterocycles. The lowest BCUT2D eigenvalue weighted by Crippen LogP contribution is -2.23. The minimum atomic E-state index is -0.298. The van der Waals surface area contributed by atoms with E-state index in [4.69, 9.17) is 5.73 Å². The van der Waals surface area contributed by atoms with Crippen LogP contribution in [0.1, 0.15) is 30.4 Å². The number of nitrogens with two attached hydrogens (primary N) is 1. The number of rotatable bonds is 6. The quantitative estimate of drug-likeness (QED) is 0.793. The molecule has 3 rings (SSSR count). The smallest absolute Gasteiger partial charge is 0.220 e. The van der Waals surface area contributed by atoms with Crippen molar-refractivity contribution in [3.8, 4) is 0 Å². The zero-order chi connectivity index (χ0) is 17.6. The SMILES string of the molecule is Nc1cc(CCC(=O)NCc2ccccc2F)ccc1N1CCCC1. The molecular weight excluding hydrogens is 317 g/mol. The number of hydrogen-bond acceptors (Lipinski definition) is 3. The Bertz CT molecular complexity index is 741. The Hall–Kier alpha value is -2.56. The van der Waals surface area contributed by atoms with Gasteiger partial charge in [-0.1, -0.05) is 24.3 Å². The van der Waals surface area contributed by atoms with Crippen LogP contribution in [-0.2, 0) is 17.8 Å². The highest BCUT2D eigenvalue weighted by atomic mass is 19.1.